The zero-order chi connectivity index (χ0) is 18.3. The van der Waals surface area contributed by atoms with Crippen LogP contribution < -0.4 is 0 Å². The van der Waals surface area contributed by atoms with Crippen molar-refractivity contribution in [3.05, 3.63) is 40.3 Å². The molecule has 0 saturated heterocycles. The van der Waals surface area contributed by atoms with Gasteiger partial charge >= 0.3 is 0 Å². The SMILES string of the molecule is CCCC(c1c(-c2ccc(Cl)cc2Cl)c2ncnc-2nn1CC)C1CC1. The first-order valence-corrected chi connectivity index (χ1v) is 10.1. The van der Waals surface area contributed by atoms with E-state index in [0.29, 0.717) is 21.8 Å². The number of halogens is 2. The van der Waals surface area contributed by atoms with Crippen LogP contribution in [0.3, 0.4) is 0 Å². The Balaban J connectivity index is 2.03. The first-order valence-electron chi connectivity index (χ1n) is 9.30. The Kier molecular flexibility index (Phi) is 4.89. The van der Waals surface area contributed by atoms with E-state index < -0.39 is 0 Å². The minimum absolute atomic E-state index is 0.468. The molecule has 1 atom stereocenters. The minimum atomic E-state index is 0.468. The highest BCUT2D eigenvalue weighted by atomic mass is 35.5. The second-order valence-electron chi connectivity index (χ2n) is 6.98. The normalized spacial score (nSPS) is 15.5. The molecule has 2 heterocycles. The van der Waals surface area contributed by atoms with Crippen LogP contribution >= 0.6 is 23.2 Å². The van der Waals surface area contributed by atoms with Crippen molar-refractivity contribution in [2.24, 2.45) is 5.92 Å². The molecule has 0 aromatic heterocycles. The minimum Gasteiger partial charge on any atom is -0.267 e. The second-order valence-corrected chi connectivity index (χ2v) is 7.82. The highest BCUT2D eigenvalue weighted by molar-refractivity contribution is 6.36. The number of imidazole rings is 1. The molecule has 1 saturated carbocycles. The van der Waals surface area contributed by atoms with Gasteiger partial charge in [0.1, 0.15) is 12.0 Å². The quantitative estimate of drug-likeness (QED) is 0.514. The number of aryl methyl sites for hydroxylation is 1. The number of hydrogen-bond donors (Lipinski definition) is 0. The molecule has 0 spiro atoms. The third-order valence-electron chi connectivity index (χ3n) is 5.21. The lowest BCUT2D eigenvalue weighted by Gasteiger charge is -2.26. The summed E-state index contributed by atoms with van der Waals surface area (Å²) >= 11 is 12.8. The Labute approximate surface area is 163 Å². The Hall–Kier alpha value is -1.65. The number of nitrogens with zero attached hydrogens (tertiary/aromatic N) is 4. The molecular weight excluding hydrogens is 367 g/mol. The average molecular weight is 389 g/mol. The van der Waals surface area contributed by atoms with Gasteiger partial charge < -0.3 is 0 Å². The maximum Gasteiger partial charge on any atom is 0.200 e. The molecule has 0 N–H and O–H groups in total. The van der Waals surface area contributed by atoms with E-state index in [2.05, 4.69) is 28.5 Å². The smallest absolute Gasteiger partial charge is 0.200 e. The van der Waals surface area contributed by atoms with E-state index in [9.17, 15) is 0 Å². The topological polar surface area (TPSA) is 43.6 Å². The summed E-state index contributed by atoms with van der Waals surface area (Å²) in [6.45, 7) is 5.17. The van der Waals surface area contributed by atoms with Crippen molar-refractivity contribution >= 4 is 23.2 Å². The Morgan fingerprint density at radius 3 is 2.65 bits per heavy atom. The average Bonchev–Trinajstić information content (AvgIpc) is 3.36. The molecule has 0 amide bonds. The molecule has 2 aliphatic heterocycles. The molecule has 0 bridgehead atoms. The van der Waals surface area contributed by atoms with Crippen LogP contribution in [-0.4, -0.2) is 19.7 Å². The summed E-state index contributed by atoms with van der Waals surface area (Å²) in [4.78, 5) is 8.89. The predicted molar refractivity (Wildman–Crippen MR) is 106 cm³/mol. The van der Waals surface area contributed by atoms with E-state index in [1.165, 1.54) is 18.5 Å². The van der Waals surface area contributed by atoms with Gasteiger partial charge in [0, 0.05) is 28.6 Å². The zero-order valence-electron chi connectivity index (χ0n) is 15.0. The van der Waals surface area contributed by atoms with Gasteiger partial charge in [0.25, 0.3) is 0 Å². The van der Waals surface area contributed by atoms with Crippen LogP contribution in [0.4, 0.5) is 0 Å². The molecule has 1 aromatic carbocycles. The van der Waals surface area contributed by atoms with Crippen LogP contribution in [0.2, 0.25) is 10.0 Å². The fourth-order valence-corrected chi connectivity index (χ4v) is 4.41. The van der Waals surface area contributed by atoms with Gasteiger partial charge in [0.15, 0.2) is 5.82 Å². The molecule has 1 unspecified atom stereocenters. The van der Waals surface area contributed by atoms with Crippen molar-refractivity contribution in [1.29, 1.82) is 0 Å². The van der Waals surface area contributed by atoms with E-state index >= 15 is 0 Å². The second kappa shape index (κ2) is 7.16. The summed E-state index contributed by atoms with van der Waals surface area (Å²) in [6.07, 6.45) is 6.44. The van der Waals surface area contributed by atoms with Crippen molar-refractivity contribution < 1.29 is 0 Å². The maximum atomic E-state index is 6.61. The lowest BCUT2D eigenvalue weighted by atomic mass is 9.87. The standard InChI is InChI=1S/C20H22Cl2N4/c1-3-5-14(12-6-7-12)19-17(15-9-8-13(21)10-16(15)22)18-20(24-11-23-18)25-26(19)4-2/h8-12,14H,3-7H2,1-2H3. The molecule has 4 nitrogen and oxygen atoms in total. The summed E-state index contributed by atoms with van der Waals surface area (Å²) in [7, 11) is 0. The Morgan fingerprint density at radius 1 is 1.19 bits per heavy atom. The molecule has 1 aliphatic carbocycles. The van der Waals surface area contributed by atoms with Crippen LogP contribution in [0.5, 0.6) is 0 Å². The van der Waals surface area contributed by atoms with Crippen molar-refractivity contribution in [3.8, 4) is 22.6 Å². The molecule has 3 aliphatic rings. The van der Waals surface area contributed by atoms with Crippen LogP contribution in [0.25, 0.3) is 22.6 Å². The van der Waals surface area contributed by atoms with Gasteiger partial charge in [0.2, 0.25) is 0 Å². The van der Waals surface area contributed by atoms with Crippen molar-refractivity contribution in [2.45, 2.75) is 52.0 Å². The zero-order valence-corrected chi connectivity index (χ0v) is 16.6. The lowest BCUT2D eigenvalue weighted by molar-refractivity contribution is 0.480. The fourth-order valence-electron chi connectivity index (χ4n) is 3.91. The molecule has 1 aromatic rings. The van der Waals surface area contributed by atoms with Crippen LogP contribution in [-0.2, 0) is 6.54 Å². The number of fused-ring (bicyclic) bond motifs is 1. The largest absolute Gasteiger partial charge is 0.267 e. The Morgan fingerprint density at radius 2 is 2.00 bits per heavy atom. The molecule has 26 heavy (non-hydrogen) atoms. The van der Waals surface area contributed by atoms with Crippen molar-refractivity contribution in [3.63, 3.8) is 0 Å². The summed E-state index contributed by atoms with van der Waals surface area (Å²) < 4.78 is 2.11. The van der Waals surface area contributed by atoms with Crippen LogP contribution in [0, 0.1) is 5.92 Å². The van der Waals surface area contributed by atoms with Crippen LogP contribution in [0.1, 0.15) is 51.1 Å². The van der Waals surface area contributed by atoms with Gasteiger partial charge in [-0.2, -0.15) is 5.10 Å². The van der Waals surface area contributed by atoms with E-state index in [0.717, 1.165) is 42.1 Å². The molecular formula is C20H22Cl2N4. The van der Waals surface area contributed by atoms with E-state index in [1.54, 1.807) is 12.4 Å². The van der Waals surface area contributed by atoms with Gasteiger partial charge in [-0.1, -0.05) is 42.6 Å². The third kappa shape index (κ3) is 3.10. The van der Waals surface area contributed by atoms with Crippen molar-refractivity contribution in [1.82, 2.24) is 19.7 Å². The first-order chi connectivity index (χ1) is 12.6. The van der Waals surface area contributed by atoms with E-state index in [4.69, 9.17) is 28.3 Å². The van der Waals surface area contributed by atoms with Gasteiger partial charge in [-0.15, -0.1) is 0 Å². The monoisotopic (exact) mass is 388 g/mol. The molecule has 136 valence electrons. The number of aromatic nitrogens is 4. The molecule has 0 radical (unpaired) electrons. The summed E-state index contributed by atoms with van der Waals surface area (Å²) in [5.41, 5.74) is 4.11. The van der Waals surface area contributed by atoms with Crippen molar-refractivity contribution in [2.75, 3.05) is 0 Å². The maximum absolute atomic E-state index is 6.61. The molecule has 6 heteroatoms. The molecule has 1 fully saturated rings. The number of hydrogen-bond acceptors (Lipinski definition) is 3. The highest BCUT2D eigenvalue weighted by Gasteiger charge is 2.37. The highest BCUT2D eigenvalue weighted by Crippen LogP contribution is 2.50. The third-order valence-corrected chi connectivity index (χ3v) is 5.75. The lowest BCUT2D eigenvalue weighted by Crippen LogP contribution is -2.18. The fraction of sp³-hybridized carbons (Fsp3) is 0.450. The summed E-state index contributed by atoms with van der Waals surface area (Å²) in [5.74, 6) is 1.86. The predicted octanol–water partition coefficient (Wildman–Crippen LogP) is 6.07. The molecule has 4 rings (SSSR count). The van der Waals surface area contributed by atoms with Gasteiger partial charge in [-0.3, -0.25) is 4.68 Å². The van der Waals surface area contributed by atoms with Gasteiger partial charge in [-0.05, 0) is 44.2 Å². The van der Waals surface area contributed by atoms with E-state index in [-0.39, 0.29) is 0 Å². The van der Waals surface area contributed by atoms with Gasteiger partial charge in [0.05, 0.1) is 10.7 Å². The number of benzene rings is 1. The van der Waals surface area contributed by atoms with Gasteiger partial charge in [-0.25, -0.2) is 9.97 Å². The first kappa shape index (κ1) is 17.7. The summed E-state index contributed by atoms with van der Waals surface area (Å²) in [6, 6.07) is 5.68. The Bertz CT molecular complexity index is 901. The van der Waals surface area contributed by atoms with Crippen LogP contribution in [0.15, 0.2) is 24.5 Å². The summed E-state index contributed by atoms with van der Waals surface area (Å²) in [5, 5.41) is 6.05. The number of rotatable bonds is 6. The van der Waals surface area contributed by atoms with E-state index in [1.807, 2.05) is 12.1 Å².